The molecule has 0 aromatic heterocycles. The van der Waals surface area contributed by atoms with Crippen LogP contribution in [0, 0.1) is 5.92 Å². The Bertz CT molecular complexity index is 609. The van der Waals surface area contributed by atoms with Crippen LogP contribution in [0.2, 0.25) is 0 Å². The maximum Gasteiger partial charge on any atom is 0.217 e. The van der Waals surface area contributed by atoms with Gasteiger partial charge in [0.25, 0.3) is 0 Å². The standard InChI is InChI=1S/C20H32N4O2.HI/c1-3-12-26-18-8-4-6-16(13-18)9-10-23-20(22-2)24-11-5-7-17(15-24)14-19(21)25;/h4,6,8,13,17H,3,5,7,9-12,14-15H2,1-2H3,(H2,21,25)(H,22,23);1H. The van der Waals surface area contributed by atoms with Crippen LogP contribution >= 0.6 is 24.0 Å². The highest BCUT2D eigenvalue weighted by molar-refractivity contribution is 14.0. The van der Waals surface area contributed by atoms with Crippen molar-refractivity contribution < 1.29 is 9.53 Å². The number of nitrogens with two attached hydrogens (primary N) is 1. The number of piperidine rings is 1. The van der Waals surface area contributed by atoms with Crippen LogP contribution in [0.5, 0.6) is 5.75 Å². The quantitative estimate of drug-likeness (QED) is 0.335. The molecule has 1 aliphatic heterocycles. The van der Waals surface area contributed by atoms with E-state index in [1.807, 2.05) is 12.1 Å². The summed E-state index contributed by atoms with van der Waals surface area (Å²) in [7, 11) is 1.80. The lowest BCUT2D eigenvalue weighted by Gasteiger charge is -2.34. The van der Waals surface area contributed by atoms with Crippen LogP contribution in [0.3, 0.4) is 0 Å². The summed E-state index contributed by atoms with van der Waals surface area (Å²) in [6, 6.07) is 8.25. The molecule has 0 saturated carbocycles. The molecule has 1 fully saturated rings. The number of ether oxygens (including phenoxy) is 1. The van der Waals surface area contributed by atoms with Crippen LogP contribution in [-0.4, -0.2) is 50.1 Å². The van der Waals surface area contributed by atoms with Crippen LogP contribution in [0.25, 0.3) is 0 Å². The second kappa shape index (κ2) is 12.8. The topological polar surface area (TPSA) is 79.9 Å². The molecule has 27 heavy (non-hydrogen) atoms. The predicted octanol–water partition coefficient (Wildman–Crippen LogP) is 2.80. The van der Waals surface area contributed by atoms with Crippen LogP contribution in [0.15, 0.2) is 29.3 Å². The Hall–Kier alpha value is -1.51. The van der Waals surface area contributed by atoms with Crippen molar-refractivity contribution in [3.63, 3.8) is 0 Å². The molecule has 2 rings (SSSR count). The summed E-state index contributed by atoms with van der Waals surface area (Å²) in [4.78, 5) is 17.8. The van der Waals surface area contributed by atoms with Crippen molar-refractivity contribution >= 4 is 35.8 Å². The normalized spacial score (nSPS) is 17.2. The van der Waals surface area contributed by atoms with Crippen molar-refractivity contribution in [2.75, 3.05) is 33.3 Å². The van der Waals surface area contributed by atoms with Crippen LogP contribution in [0.4, 0.5) is 0 Å². The number of nitrogens with one attached hydrogen (secondary N) is 1. The Kier molecular flexibility index (Phi) is 11.2. The number of hydrogen-bond donors (Lipinski definition) is 2. The fourth-order valence-electron chi connectivity index (χ4n) is 3.37. The molecule has 1 saturated heterocycles. The minimum Gasteiger partial charge on any atom is -0.494 e. The average Bonchev–Trinajstić information content (AvgIpc) is 2.63. The van der Waals surface area contributed by atoms with Gasteiger partial charge in [-0.25, -0.2) is 0 Å². The van der Waals surface area contributed by atoms with Gasteiger partial charge in [0.2, 0.25) is 5.91 Å². The van der Waals surface area contributed by atoms with Crippen LogP contribution in [-0.2, 0) is 11.2 Å². The smallest absolute Gasteiger partial charge is 0.217 e. The van der Waals surface area contributed by atoms with E-state index in [0.29, 0.717) is 12.3 Å². The third-order valence-electron chi connectivity index (χ3n) is 4.59. The number of carbonyl (C=O) groups excluding carboxylic acids is 1. The summed E-state index contributed by atoms with van der Waals surface area (Å²) >= 11 is 0. The molecule has 0 aliphatic carbocycles. The molecule has 152 valence electrons. The molecule has 1 heterocycles. The Balaban J connectivity index is 0.00000364. The first-order valence-electron chi connectivity index (χ1n) is 9.58. The van der Waals surface area contributed by atoms with E-state index in [2.05, 4.69) is 34.3 Å². The monoisotopic (exact) mass is 488 g/mol. The molecule has 1 atom stereocenters. The van der Waals surface area contributed by atoms with Crippen LogP contribution < -0.4 is 15.8 Å². The van der Waals surface area contributed by atoms with Gasteiger partial charge in [0.15, 0.2) is 5.96 Å². The van der Waals surface area contributed by atoms with E-state index in [1.165, 1.54) is 5.56 Å². The van der Waals surface area contributed by atoms with Crippen molar-refractivity contribution in [1.29, 1.82) is 0 Å². The highest BCUT2D eigenvalue weighted by Crippen LogP contribution is 2.19. The fraction of sp³-hybridized carbons (Fsp3) is 0.600. The molecule has 1 aromatic carbocycles. The summed E-state index contributed by atoms with van der Waals surface area (Å²) in [5.41, 5.74) is 6.59. The van der Waals surface area contributed by atoms with E-state index in [-0.39, 0.29) is 29.9 Å². The number of nitrogens with zero attached hydrogens (tertiary/aromatic N) is 2. The number of aliphatic imine (C=N–C) groups is 1. The lowest BCUT2D eigenvalue weighted by Crippen LogP contribution is -2.47. The predicted molar refractivity (Wildman–Crippen MR) is 121 cm³/mol. The minimum atomic E-state index is -0.218. The molecular formula is C20H33IN4O2. The zero-order valence-corrected chi connectivity index (χ0v) is 18.8. The highest BCUT2D eigenvalue weighted by Gasteiger charge is 2.23. The molecule has 1 aromatic rings. The van der Waals surface area contributed by atoms with Crippen molar-refractivity contribution in [3.8, 4) is 5.75 Å². The lowest BCUT2D eigenvalue weighted by molar-refractivity contribution is -0.119. The van der Waals surface area contributed by atoms with Crippen molar-refractivity contribution in [2.24, 2.45) is 16.6 Å². The van der Waals surface area contributed by atoms with Gasteiger partial charge in [0.05, 0.1) is 6.61 Å². The SMILES string of the molecule is CCCOc1cccc(CCNC(=NC)N2CCCC(CC(N)=O)C2)c1.I. The number of hydrogen-bond acceptors (Lipinski definition) is 3. The number of halogens is 1. The summed E-state index contributed by atoms with van der Waals surface area (Å²) in [5, 5.41) is 3.44. The molecule has 0 bridgehead atoms. The van der Waals surface area contributed by atoms with Gasteiger partial charge in [-0.2, -0.15) is 0 Å². The van der Waals surface area contributed by atoms with E-state index in [9.17, 15) is 4.79 Å². The molecule has 1 unspecified atom stereocenters. The van der Waals surface area contributed by atoms with Gasteiger partial charge in [-0.3, -0.25) is 9.79 Å². The zero-order valence-electron chi connectivity index (χ0n) is 16.4. The maximum atomic E-state index is 11.2. The van der Waals surface area contributed by atoms with Gasteiger partial charge in [-0.15, -0.1) is 24.0 Å². The molecule has 3 N–H and O–H groups in total. The molecule has 1 amide bonds. The first-order valence-corrected chi connectivity index (χ1v) is 9.58. The third kappa shape index (κ3) is 8.36. The number of benzene rings is 1. The largest absolute Gasteiger partial charge is 0.494 e. The molecular weight excluding hydrogens is 455 g/mol. The number of amides is 1. The Morgan fingerprint density at radius 1 is 1.44 bits per heavy atom. The van der Waals surface area contributed by atoms with Gasteiger partial charge >= 0.3 is 0 Å². The van der Waals surface area contributed by atoms with Gasteiger partial charge in [0, 0.05) is 33.1 Å². The maximum absolute atomic E-state index is 11.2. The number of primary amides is 1. The van der Waals surface area contributed by atoms with Crippen molar-refractivity contribution in [3.05, 3.63) is 29.8 Å². The molecule has 7 heteroatoms. The Labute approximate surface area is 179 Å². The van der Waals surface area contributed by atoms with E-state index in [0.717, 1.165) is 63.6 Å². The summed E-state index contributed by atoms with van der Waals surface area (Å²) < 4.78 is 5.69. The fourth-order valence-corrected chi connectivity index (χ4v) is 3.37. The second-order valence-corrected chi connectivity index (χ2v) is 6.84. The number of likely N-dealkylation sites (tertiary alicyclic amines) is 1. The van der Waals surface area contributed by atoms with E-state index < -0.39 is 0 Å². The number of rotatable bonds is 8. The van der Waals surface area contributed by atoms with E-state index >= 15 is 0 Å². The highest BCUT2D eigenvalue weighted by atomic mass is 127. The van der Waals surface area contributed by atoms with Crippen molar-refractivity contribution in [2.45, 2.75) is 39.0 Å². The lowest BCUT2D eigenvalue weighted by atomic mass is 9.95. The summed E-state index contributed by atoms with van der Waals surface area (Å²) in [6.07, 6.45) is 4.49. The minimum absolute atomic E-state index is 0. The van der Waals surface area contributed by atoms with Gasteiger partial charge in [-0.1, -0.05) is 19.1 Å². The summed E-state index contributed by atoms with van der Waals surface area (Å²) in [6.45, 7) is 5.46. The van der Waals surface area contributed by atoms with E-state index in [4.69, 9.17) is 10.5 Å². The summed E-state index contributed by atoms with van der Waals surface area (Å²) in [5.74, 6) is 1.94. The van der Waals surface area contributed by atoms with Crippen LogP contribution in [0.1, 0.15) is 38.2 Å². The second-order valence-electron chi connectivity index (χ2n) is 6.84. The molecule has 0 spiro atoms. The first-order chi connectivity index (χ1) is 12.6. The van der Waals surface area contributed by atoms with E-state index in [1.54, 1.807) is 7.05 Å². The number of guanidine groups is 1. The molecule has 6 nitrogen and oxygen atoms in total. The van der Waals surface area contributed by atoms with Gasteiger partial charge < -0.3 is 20.7 Å². The average molecular weight is 488 g/mol. The number of carbonyl (C=O) groups is 1. The molecule has 0 radical (unpaired) electrons. The van der Waals surface area contributed by atoms with Crippen molar-refractivity contribution in [1.82, 2.24) is 10.2 Å². The Morgan fingerprint density at radius 3 is 2.96 bits per heavy atom. The third-order valence-corrected chi connectivity index (χ3v) is 4.59. The zero-order chi connectivity index (χ0) is 18.8. The first kappa shape index (κ1) is 23.5. The van der Waals surface area contributed by atoms with Gasteiger partial charge in [0.1, 0.15) is 5.75 Å². The molecule has 1 aliphatic rings. The Morgan fingerprint density at radius 2 is 2.26 bits per heavy atom. The van der Waals surface area contributed by atoms with Gasteiger partial charge in [-0.05, 0) is 49.3 Å².